The molecule has 0 unspecified atom stereocenters. The van der Waals surface area contributed by atoms with Gasteiger partial charge in [-0.3, -0.25) is 0 Å². The second-order valence-corrected chi connectivity index (χ2v) is 4.54. The van der Waals surface area contributed by atoms with E-state index in [1.54, 1.807) is 4.90 Å². The zero-order valence-electron chi connectivity index (χ0n) is 11.1. The molecule has 2 heterocycles. The highest BCUT2D eigenvalue weighted by molar-refractivity contribution is 5.67. The Labute approximate surface area is 108 Å². The molecule has 1 fully saturated rings. The third-order valence-electron chi connectivity index (χ3n) is 3.35. The summed E-state index contributed by atoms with van der Waals surface area (Å²) in [6.45, 7) is 7.25. The number of hydrogen-bond acceptors (Lipinski definition) is 4. The first-order valence-electron chi connectivity index (χ1n) is 6.74. The number of hydrogen-bond donors (Lipinski definition) is 0. The predicted octanol–water partition coefficient (Wildman–Crippen LogP) is 1.45. The SMILES string of the molecule is CCOC(=O)N1CC=C(N2CCOCC2)CCC1. The predicted molar refractivity (Wildman–Crippen MR) is 68.3 cm³/mol. The second kappa shape index (κ2) is 6.64. The minimum atomic E-state index is -0.197. The minimum absolute atomic E-state index is 0.197. The van der Waals surface area contributed by atoms with Gasteiger partial charge in [0.25, 0.3) is 0 Å². The zero-order chi connectivity index (χ0) is 12.8. The molecule has 0 spiro atoms. The first-order chi connectivity index (χ1) is 8.81. The Balaban J connectivity index is 1.91. The minimum Gasteiger partial charge on any atom is -0.450 e. The van der Waals surface area contributed by atoms with Crippen molar-refractivity contribution in [1.29, 1.82) is 0 Å². The molecule has 2 aliphatic heterocycles. The third kappa shape index (κ3) is 3.38. The molecule has 5 nitrogen and oxygen atoms in total. The summed E-state index contributed by atoms with van der Waals surface area (Å²) in [5, 5.41) is 0. The summed E-state index contributed by atoms with van der Waals surface area (Å²) in [4.78, 5) is 15.8. The zero-order valence-corrected chi connectivity index (χ0v) is 11.1. The molecule has 5 heteroatoms. The van der Waals surface area contributed by atoms with Crippen LogP contribution >= 0.6 is 0 Å². The molecular formula is C13H22N2O3. The Bertz CT molecular complexity index is 311. The van der Waals surface area contributed by atoms with Gasteiger partial charge in [0, 0.05) is 31.9 Å². The summed E-state index contributed by atoms with van der Waals surface area (Å²) in [5.74, 6) is 0. The first-order valence-corrected chi connectivity index (χ1v) is 6.74. The van der Waals surface area contributed by atoms with Gasteiger partial charge in [0.05, 0.1) is 19.8 Å². The largest absolute Gasteiger partial charge is 0.450 e. The van der Waals surface area contributed by atoms with E-state index < -0.39 is 0 Å². The van der Waals surface area contributed by atoms with Gasteiger partial charge in [-0.2, -0.15) is 0 Å². The average molecular weight is 254 g/mol. The molecule has 18 heavy (non-hydrogen) atoms. The number of morpholine rings is 1. The standard InChI is InChI=1S/C13H22N2O3/c1-2-18-13(16)15-6-3-4-12(5-7-15)14-8-10-17-11-9-14/h5H,2-4,6-11H2,1H3. The molecule has 1 amide bonds. The van der Waals surface area contributed by atoms with Crippen molar-refractivity contribution in [1.82, 2.24) is 9.80 Å². The maximum Gasteiger partial charge on any atom is 0.410 e. The van der Waals surface area contributed by atoms with Crippen molar-refractivity contribution in [2.24, 2.45) is 0 Å². The van der Waals surface area contributed by atoms with Crippen LogP contribution in [-0.4, -0.2) is 61.9 Å². The molecule has 0 radical (unpaired) electrons. The van der Waals surface area contributed by atoms with Gasteiger partial charge in [-0.15, -0.1) is 0 Å². The maximum atomic E-state index is 11.7. The van der Waals surface area contributed by atoms with Gasteiger partial charge in [-0.1, -0.05) is 0 Å². The number of amides is 1. The highest BCUT2D eigenvalue weighted by Crippen LogP contribution is 2.17. The Kier molecular flexibility index (Phi) is 4.87. The van der Waals surface area contributed by atoms with Crippen molar-refractivity contribution >= 4 is 6.09 Å². The number of carbonyl (C=O) groups is 1. The van der Waals surface area contributed by atoms with Crippen LogP contribution in [0.15, 0.2) is 11.8 Å². The van der Waals surface area contributed by atoms with Crippen molar-refractivity contribution in [3.05, 3.63) is 11.8 Å². The fourth-order valence-electron chi connectivity index (χ4n) is 2.38. The van der Waals surface area contributed by atoms with Crippen molar-refractivity contribution in [3.8, 4) is 0 Å². The van der Waals surface area contributed by atoms with E-state index in [4.69, 9.17) is 9.47 Å². The molecule has 2 aliphatic rings. The molecule has 0 aromatic heterocycles. The summed E-state index contributed by atoms with van der Waals surface area (Å²) in [6, 6.07) is 0. The molecule has 0 aliphatic carbocycles. The number of nitrogens with zero attached hydrogens (tertiary/aromatic N) is 2. The smallest absolute Gasteiger partial charge is 0.410 e. The lowest BCUT2D eigenvalue weighted by Gasteiger charge is -2.30. The Morgan fingerprint density at radius 1 is 1.39 bits per heavy atom. The van der Waals surface area contributed by atoms with Crippen molar-refractivity contribution in [2.45, 2.75) is 19.8 Å². The molecule has 102 valence electrons. The van der Waals surface area contributed by atoms with E-state index in [2.05, 4.69) is 11.0 Å². The van der Waals surface area contributed by atoms with Gasteiger partial charge >= 0.3 is 6.09 Å². The van der Waals surface area contributed by atoms with E-state index in [1.807, 2.05) is 6.92 Å². The second-order valence-electron chi connectivity index (χ2n) is 4.54. The third-order valence-corrected chi connectivity index (χ3v) is 3.35. The molecule has 0 bridgehead atoms. The molecule has 0 aromatic rings. The molecular weight excluding hydrogens is 232 g/mol. The molecule has 0 atom stereocenters. The lowest BCUT2D eigenvalue weighted by atomic mass is 10.2. The van der Waals surface area contributed by atoms with E-state index in [1.165, 1.54) is 5.70 Å². The topological polar surface area (TPSA) is 42.0 Å². The Morgan fingerprint density at radius 3 is 2.89 bits per heavy atom. The summed E-state index contributed by atoms with van der Waals surface area (Å²) >= 11 is 0. The van der Waals surface area contributed by atoms with Gasteiger partial charge < -0.3 is 19.3 Å². The molecule has 0 aromatic carbocycles. The van der Waals surface area contributed by atoms with Crippen LogP contribution < -0.4 is 0 Å². The lowest BCUT2D eigenvalue weighted by molar-refractivity contribution is 0.0520. The molecule has 1 saturated heterocycles. The fourth-order valence-corrected chi connectivity index (χ4v) is 2.38. The van der Waals surface area contributed by atoms with E-state index in [9.17, 15) is 4.79 Å². The van der Waals surface area contributed by atoms with Gasteiger partial charge in [-0.05, 0) is 25.8 Å². The van der Waals surface area contributed by atoms with Crippen LogP contribution in [0.25, 0.3) is 0 Å². The molecule has 0 saturated carbocycles. The summed E-state index contributed by atoms with van der Waals surface area (Å²) in [6.07, 6.45) is 4.00. The lowest BCUT2D eigenvalue weighted by Crippen LogP contribution is -2.35. The van der Waals surface area contributed by atoms with Crippen molar-refractivity contribution in [2.75, 3.05) is 46.0 Å². The van der Waals surface area contributed by atoms with Gasteiger partial charge in [0.1, 0.15) is 0 Å². The first kappa shape index (κ1) is 13.2. The van der Waals surface area contributed by atoms with Crippen LogP contribution in [0.5, 0.6) is 0 Å². The highest BCUT2D eigenvalue weighted by Gasteiger charge is 2.19. The van der Waals surface area contributed by atoms with E-state index in [0.717, 1.165) is 45.7 Å². The van der Waals surface area contributed by atoms with Gasteiger partial charge in [0.2, 0.25) is 0 Å². The Morgan fingerprint density at radius 2 is 2.17 bits per heavy atom. The maximum absolute atomic E-state index is 11.7. The molecule has 0 N–H and O–H groups in total. The monoisotopic (exact) mass is 254 g/mol. The van der Waals surface area contributed by atoms with E-state index >= 15 is 0 Å². The number of carbonyl (C=O) groups excluding carboxylic acids is 1. The average Bonchev–Trinajstić information content (AvgIpc) is 2.66. The number of allylic oxidation sites excluding steroid dienone is 1. The van der Waals surface area contributed by atoms with Gasteiger partial charge in [-0.25, -0.2) is 4.79 Å². The quantitative estimate of drug-likeness (QED) is 0.748. The summed E-state index contributed by atoms with van der Waals surface area (Å²) in [7, 11) is 0. The van der Waals surface area contributed by atoms with Crippen LogP contribution in [0.3, 0.4) is 0 Å². The van der Waals surface area contributed by atoms with Crippen LogP contribution in [0.2, 0.25) is 0 Å². The Hall–Kier alpha value is -1.23. The van der Waals surface area contributed by atoms with Crippen LogP contribution in [0, 0.1) is 0 Å². The van der Waals surface area contributed by atoms with Crippen LogP contribution in [0.4, 0.5) is 4.79 Å². The summed E-state index contributed by atoms with van der Waals surface area (Å²) in [5.41, 5.74) is 1.35. The van der Waals surface area contributed by atoms with E-state index in [-0.39, 0.29) is 6.09 Å². The highest BCUT2D eigenvalue weighted by atomic mass is 16.6. The van der Waals surface area contributed by atoms with Crippen molar-refractivity contribution < 1.29 is 14.3 Å². The number of rotatable bonds is 2. The number of ether oxygens (including phenoxy) is 2. The van der Waals surface area contributed by atoms with E-state index in [0.29, 0.717) is 13.2 Å². The normalized spacial score (nSPS) is 21.3. The van der Waals surface area contributed by atoms with Crippen LogP contribution in [0.1, 0.15) is 19.8 Å². The summed E-state index contributed by atoms with van der Waals surface area (Å²) < 4.78 is 10.4. The van der Waals surface area contributed by atoms with Gasteiger partial charge in [0.15, 0.2) is 0 Å². The fraction of sp³-hybridized carbons (Fsp3) is 0.769. The molecule has 2 rings (SSSR count). The van der Waals surface area contributed by atoms with Crippen LogP contribution in [-0.2, 0) is 9.47 Å². The van der Waals surface area contributed by atoms with Crippen molar-refractivity contribution in [3.63, 3.8) is 0 Å².